The fourth-order valence-corrected chi connectivity index (χ4v) is 2.27. The molecule has 112 valence electrons. The van der Waals surface area contributed by atoms with Crippen LogP contribution >= 0.6 is 0 Å². The molecule has 0 aliphatic rings. The van der Waals surface area contributed by atoms with Gasteiger partial charge in [-0.3, -0.25) is 0 Å². The molecule has 0 saturated heterocycles. The molecule has 0 bridgehead atoms. The number of phenols is 1. The standard InChI is InChI=1S/C18H23NO2/c1-13-8-10-16(11-9-13)21-12-14(2)19-15(3)17-6-4-5-7-18(17)20/h4-11,14-15,19-20H,12H2,1-3H3. The van der Waals surface area contributed by atoms with E-state index < -0.39 is 0 Å². The van der Waals surface area contributed by atoms with Crippen LogP contribution in [0.5, 0.6) is 11.5 Å². The van der Waals surface area contributed by atoms with Gasteiger partial charge < -0.3 is 15.2 Å². The highest BCUT2D eigenvalue weighted by molar-refractivity contribution is 5.34. The highest BCUT2D eigenvalue weighted by Crippen LogP contribution is 2.23. The highest BCUT2D eigenvalue weighted by Gasteiger charge is 2.12. The third-order valence-corrected chi connectivity index (χ3v) is 3.46. The minimum absolute atomic E-state index is 0.0721. The molecule has 3 heteroatoms. The van der Waals surface area contributed by atoms with E-state index in [2.05, 4.69) is 19.2 Å². The topological polar surface area (TPSA) is 41.5 Å². The van der Waals surface area contributed by atoms with E-state index >= 15 is 0 Å². The molecule has 0 aromatic heterocycles. The number of aryl methyl sites for hydroxylation is 1. The van der Waals surface area contributed by atoms with Crippen LogP contribution in [0.2, 0.25) is 0 Å². The molecule has 0 radical (unpaired) electrons. The van der Waals surface area contributed by atoms with Gasteiger partial charge >= 0.3 is 0 Å². The van der Waals surface area contributed by atoms with Crippen LogP contribution in [0.15, 0.2) is 48.5 Å². The number of hydrogen-bond donors (Lipinski definition) is 2. The van der Waals surface area contributed by atoms with Gasteiger partial charge in [0.25, 0.3) is 0 Å². The van der Waals surface area contributed by atoms with Crippen LogP contribution < -0.4 is 10.1 Å². The first-order valence-corrected chi connectivity index (χ1v) is 7.29. The zero-order valence-electron chi connectivity index (χ0n) is 12.8. The number of hydrogen-bond acceptors (Lipinski definition) is 3. The first-order valence-electron chi connectivity index (χ1n) is 7.29. The van der Waals surface area contributed by atoms with Gasteiger partial charge in [0.1, 0.15) is 18.1 Å². The Morgan fingerprint density at radius 2 is 1.71 bits per heavy atom. The van der Waals surface area contributed by atoms with Crippen LogP contribution in [0, 0.1) is 6.92 Å². The van der Waals surface area contributed by atoms with Gasteiger partial charge in [0.15, 0.2) is 0 Å². The van der Waals surface area contributed by atoms with Crippen LogP contribution in [0.25, 0.3) is 0 Å². The molecule has 0 amide bonds. The maximum Gasteiger partial charge on any atom is 0.120 e. The van der Waals surface area contributed by atoms with Crippen molar-refractivity contribution in [3.63, 3.8) is 0 Å². The van der Waals surface area contributed by atoms with Crippen molar-refractivity contribution in [1.29, 1.82) is 0 Å². The fourth-order valence-electron chi connectivity index (χ4n) is 2.27. The summed E-state index contributed by atoms with van der Waals surface area (Å²) < 4.78 is 5.76. The molecular weight excluding hydrogens is 262 g/mol. The van der Waals surface area contributed by atoms with Crippen molar-refractivity contribution >= 4 is 0 Å². The van der Waals surface area contributed by atoms with E-state index in [9.17, 15) is 5.11 Å². The number of rotatable bonds is 6. The quantitative estimate of drug-likeness (QED) is 0.848. The average molecular weight is 285 g/mol. The van der Waals surface area contributed by atoms with Crippen LogP contribution in [0.4, 0.5) is 0 Å². The summed E-state index contributed by atoms with van der Waals surface area (Å²) in [7, 11) is 0. The van der Waals surface area contributed by atoms with Crippen LogP contribution in [0.3, 0.4) is 0 Å². The zero-order valence-corrected chi connectivity index (χ0v) is 12.8. The van der Waals surface area contributed by atoms with Gasteiger partial charge in [-0.1, -0.05) is 35.9 Å². The lowest BCUT2D eigenvalue weighted by Crippen LogP contribution is -2.33. The van der Waals surface area contributed by atoms with Crippen molar-refractivity contribution < 1.29 is 9.84 Å². The highest BCUT2D eigenvalue weighted by atomic mass is 16.5. The first-order chi connectivity index (χ1) is 10.1. The summed E-state index contributed by atoms with van der Waals surface area (Å²) in [5, 5.41) is 13.3. The lowest BCUT2D eigenvalue weighted by molar-refractivity contribution is 0.263. The van der Waals surface area contributed by atoms with E-state index in [4.69, 9.17) is 4.74 Å². The Labute approximate surface area is 126 Å². The zero-order chi connectivity index (χ0) is 15.2. The Balaban J connectivity index is 1.85. The molecule has 2 aromatic rings. The molecule has 21 heavy (non-hydrogen) atoms. The maximum atomic E-state index is 9.86. The Hall–Kier alpha value is -2.00. The van der Waals surface area contributed by atoms with E-state index in [1.54, 1.807) is 6.07 Å². The summed E-state index contributed by atoms with van der Waals surface area (Å²) in [5.41, 5.74) is 2.13. The molecular formula is C18H23NO2. The molecule has 0 aliphatic heterocycles. The maximum absolute atomic E-state index is 9.86. The average Bonchev–Trinajstić information content (AvgIpc) is 2.47. The molecule has 0 aliphatic carbocycles. The lowest BCUT2D eigenvalue weighted by atomic mass is 10.1. The van der Waals surface area contributed by atoms with Gasteiger partial charge in [-0.25, -0.2) is 0 Å². The number of ether oxygens (including phenoxy) is 1. The van der Waals surface area contributed by atoms with Crippen molar-refractivity contribution in [2.45, 2.75) is 32.9 Å². The second-order valence-electron chi connectivity index (χ2n) is 5.47. The largest absolute Gasteiger partial charge is 0.508 e. The van der Waals surface area contributed by atoms with Crippen molar-refractivity contribution in [3.05, 3.63) is 59.7 Å². The SMILES string of the molecule is Cc1ccc(OCC(C)NC(C)c2ccccc2O)cc1. The molecule has 2 atom stereocenters. The molecule has 0 heterocycles. The molecule has 2 N–H and O–H groups in total. The smallest absolute Gasteiger partial charge is 0.120 e. The second-order valence-corrected chi connectivity index (χ2v) is 5.47. The first kappa shape index (κ1) is 15.4. The monoisotopic (exact) mass is 285 g/mol. The summed E-state index contributed by atoms with van der Waals surface area (Å²) in [6.07, 6.45) is 0. The molecule has 3 nitrogen and oxygen atoms in total. The van der Waals surface area contributed by atoms with Gasteiger partial charge in [-0.15, -0.1) is 0 Å². The summed E-state index contributed by atoms with van der Waals surface area (Å²) in [6, 6.07) is 15.7. The van der Waals surface area contributed by atoms with E-state index in [1.165, 1.54) is 5.56 Å². The van der Waals surface area contributed by atoms with Crippen molar-refractivity contribution in [1.82, 2.24) is 5.32 Å². The lowest BCUT2D eigenvalue weighted by Gasteiger charge is -2.21. The summed E-state index contributed by atoms with van der Waals surface area (Å²) in [4.78, 5) is 0. The Bertz CT molecular complexity index is 566. The second kappa shape index (κ2) is 7.14. The van der Waals surface area contributed by atoms with Crippen molar-refractivity contribution in [3.8, 4) is 11.5 Å². The van der Waals surface area contributed by atoms with Gasteiger partial charge in [0, 0.05) is 17.6 Å². The molecule has 0 fully saturated rings. The Morgan fingerprint density at radius 1 is 1.05 bits per heavy atom. The van der Waals surface area contributed by atoms with Gasteiger partial charge in [0.05, 0.1) is 0 Å². The number of phenolic OH excluding ortho intramolecular Hbond substituents is 1. The third kappa shape index (κ3) is 4.50. The number of para-hydroxylation sites is 1. The predicted molar refractivity (Wildman–Crippen MR) is 85.8 cm³/mol. The minimum Gasteiger partial charge on any atom is -0.508 e. The number of aromatic hydroxyl groups is 1. The van der Waals surface area contributed by atoms with Crippen LogP contribution in [-0.4, -0.2) is 17.8 Å². The fraction of sp³-hybridized carbons (Fsp3) is 0.333. The van der Waals surface area contributed by atoms with Gasteiger partial charge in [0.2, 0.25) is 0 Å². The van der Waals surface area contributed by atoms with E-state index in [1.807, 2.05) is 49.4 Å². The molecule has 2 unspecified atom stereocenters. The molecule has 0 saturated carbocycles. The molecule has 2 aromatic carbocycles. The molecule has 0 spiro atoms. The van der Waals surface area contributed by atoms with Gasteiger partial charge in [-0.2, -0.15) is 0 Å². The summed E-state index contributed by atoms with van der Waals surface area (Å²) >= 11 is 0. The normalized spacial score (nSPS) is 13.7. The molecule has 2 rings (SSSR count). The van der Waals surface area contributed by atoms with E-state index in [0.717, 1.165) is 11.3 Å². The number of benzene rings is 2. The van der Waals surface area contributed by atoms with Crippen molar-refractivity contribution in [2.75, 3.05) is 6.61 Å². The van der Waals surface area contributed by atoms with E-state index in [-0.39, 0.29) is 12.1 Å². The van der Waals surface area contributed by atoms with Gasteiger partial charge in [-0.05, 0) is 39.0 Å². The van der Waals surface area contributed by atoms with Crippen LogP contribution in [0.1, 0.15) is 31.0 Å². The summed E-state index contributed by atoms with van der Waals surface area (Å²) in [5.74, 6) is 1.20. The van der Waals surface area contributed by atoms with Crippen LogP contribution in [-0.2, 0) is 0 Å². The van der Waals surface area contributed by atoms with E-state index in [0.29, 0.717) is 12.4 Å². The summed E-state index contributed by atoms with van der Waals surface area (Å²) in [6.45, 7) is 6.76. The number of nitrogens with one attached hydrogen (secondary N) is 1. The minimum atomic E-state index is 0.0721. The third-order valence-electron chi connectivity index (χ3n) is 3.46. The Morgan fingerprint density at radius 3 is 2.38 bits per heavy atom. The Kier molecular flexibility index (Phi) is 5.23. The van der Waals surface area contributed by atoms with Crippen molar-refractivity contribution in [2.24, 2.45) is 0 Å². The predicted octanol–water partition coefficient (Wildman–Crippen LogP) is 3.82.